The largest absolute Gasteiger partial charge is 0.507 e. The molecule has 164 valence electrons. The number of phenols is 2. The Morgan fingerprint density at radius 1 is 1.10 bits per heavy atom. The first-order valence-electron chi connectivity index (χ1n) is 9.62. The number of sulfone groups is 1. The summed E-state index contributed by atoms with van der Waals surface area (Å²) in [5.41, 5.74) is 6.90. The van der Waals surface area contributed by atoms with Crippen LogP contribution in [0.2, 0.25) is 0 Å². The van der Waals surface area contributed by atoms with Crippen molar-refractivity contribution in [3.63, 3.8) is 0 Å². The molecular weight excluding hydrogens is 420 g/mol. The maximum atomic E-state index is 12.8. The van der Waals surface area contributed by atoms with Crippen LogP contribution in [0.4, 0.5) is 0 Å². The van der Waals surface area contributed by atoms with Crippen LogP contribution in [-0.4, -0.2) is 45.1 Å². The van der Waals surface area contributed by atoms with Crippen molar-refractivity contribution in [2.75, 3.05) is 5.75 Å². The van der Waals surface area contributed by atoms with Gasteiger partial charge >= 0.3 is 0 Å². The van der Waals surface area contributed by atoms with Crippen LogP contribution in [0.15, 0.2) is 41.3 Å². The van der Waals surface area contributed by atoms with Gasteiger partial charge in [0.1, 0.15) is 16.4 Å². The Bertz CT molecular complexity index is 1230. The van der Waals surface area contributed by atoms with Crippen LogP contribution in [-0.2, 0) is 9.84 Å². The fourth-order valence-corrected chi connectivity index (χ4v) is 4.72. The SMILES string of the molecule is Cc1ccc(-n2c(C(N)=O)nnc2-c2cc(S(=O)(=O)CCC(C)C)c(O)cc2O)cc1. The van der Waals surface area contributed by atoms with Crippen LogP contribution in [0.3, 0.4) is 0 Å². The van der Waals surface area contributed by atoms with Crippen LogP contribution in [0, 0.1) is 12.8 Å². The maximum Gasteiger partial charge on any atom is 0.287 e. The first-order chi connectivity index (χ1) is 14.5. The zero-order valence-electron chi connectivity index (χ0n) is 17.4. The molecule has 9 nitrogen and oxygen atoms in total. The molecule has 2 aromatic carbocycles. The maximum absolute atomic E-state index is 12.8. The lowest BCUT2D eigenvalue weighted by molar-refractivity contribution is 0.0988. The topological polar surface area (TPSA) is 148 Å². The number of phenolic OH excluding ortho intramolecular Hbond substituents is 2. The molecular formula is C21H24N4O5S. The third-order valence-corrected chi connectivity index (χ3v) is 6.56. The molecule has 0 aliphatic heterocycles. The standard InChI is InChI=1S/C21H24N4O5S/c1-12(2)8-9-31(29,30)18-10-15(16(26)11-17(18)27)20-23-24-21(19(22)28)25(20)14-6-4-13(3)5-7-14/h4-7,10-12,26-27H,8-9H2,1-3H3,(H2,22,28). The van der Waals surface area contributed by atoms with Crippen molar-refractivity contribution in [1.29, 1.82) is 0 Å². The van der Waals surface area contributed by atoms with E-state index in [1.54, 1.807) is 12.1 Å². The number of nitrogens with two attached hydrogens (primary N) is 1. The smallest absolute Gasteiger partial charge is 0.287 e. The van der Waals surface area contributed by atoms with Crippen LogP contribution in [0.1, 0.15) is 36.5 Å². The highest BCUT2D eigenvalue weighted by molar-refractivity contribution is 7.91. The summed E-state index contributed by atoms with van der Waals surface area (Å²) in [6.07, 6.45) is 0.406. The molecule has 3 aromatic rings. The lowest BCUT2D eigenvalue weighted by Gasteiger charge is -2.13. The third-order valence-electron chi connectivity index (χ3n) is 4.79. The fourth-order valence-electron chi connectivity index (χ4n) is 3.04. The summed E-state index contributed by atoms with van der Waals surface area (Å²) in [7, 11) is -3.84. The number of benzene rings is 2. The van der Waals surface area contributed by atoms with Gasteiger partial charge in [0, 0.05) is 11.8 Å². The number of aryl methyl sites for hydroxylation is 1. The second kappa shape index (κ2) is 8.38. The quantitative estimate of drug-likeness (QED) is 0.507. The van der Waals surface area contributed by atoms with Gasteiger partial charge in [0.2, 0.25) is 5.82 Å². The average Bonchev–Trinajstić information content (AvgIpc) is 3.12. The van der Waals surface area contributed by atoms with E-state index < -0.39 is 27.2 Å². The number of primary amides is 1. The van der Waals surface area contributed by atoms with Gasteiger partial charge in [-0.2, -0.15) is 0 Å². The average molecular weight is 445 g/mol. The molecule has 0 saturated carbocycles. The molecule has 0 fully saturated rings. The van der Waals surface area contributed by atoms with Crippen molar-refractivity contribution in [1.82, 2.24) is 14.8 Å². The van der Waals surface area contributed by atoms with Crippen molar-refractivity contribution in [3.8, 4) is 28.6 Å². The molecule has 0 unspecified atom stereocenters. The lowest BCUT2D eigenvalue weighted by atomic mass is 10.1. The predicted molar refractivity (Wildman–Crippen MR) is 115 cm³/mol. The van der Waals surface area contributed by atoms with Gasteiger partial charge in [-0.3, -0.25) is 9.36 Å². The number of hydrogen-bond acceptors (Lipinski definition) is 7. The molecule has 0 aliphatic carbocycles. The first kappa shape index (κ1) is 22.3. The van der Waals surface area contributed by atoms with Crippen LogP contribution in [0.5, 0.6) is 11.5 Å². The normalized spacial score (nSPS) is 11.7. The van der Waals surface area contributed by atoms with Crippen molar-refractivity contribution in [2.45, 2.75) is 32.1 Å². The highest BCUT2D eigenvalue weighted by Crippen LogP contribution is 2.38. The molecule has 0 atom stereocenters. The molecule has 1 aromatic heterocycles. The summed E-state index contributed by atoms with van der Waals surface area (Å²) >= 11 is 0. The zero-order chi connectivity index (χ0) is 22.9. The Hall–Kier alpha value is -3.40. The summed E-state index contributed by atoms with van der Waals surface area (Å²) in [5, 5.41) is 28.5. The molecule has 1 heterocycles. The number of aromatic hydroxyl groups is 2. The van der Waals surface area contributed by atoms with E-state index >= 15 is 0 Å². The van der Waals surface area contributed by atoms with Crippen LogP contribution < -0.4 is 5.73 Å². The van der Waals surface area contributed by atoms with Crippen molar-refractivity contribution < 1.29 is 23.4 Å². The highest BCUT2D eigenvalue weighted by atomic mass is 32.2. The summed E-state index contributed by atoms with van der Waals surface area (Å²) < 4.78 is 26.9. The van der Waals surface area contributed by atoms with E-state index in [-0.39, 0.29) is 33.8 Å². The molecule has 0 bridgehead atoms. The number of hydrogen-bond donors (Lipinski definition) is 3. The van der Waals surface area contributed by atoms with Gasteiger partial charge in [-0.25, -0.2) is 8.42 Å². The highest BCUT2D eigenvalue weighted by Gasteiger charge is 2.26. The number of amides is 1. The van der Waals surface area contributed by atoms with Crippen molar-refractivity contribution >= 4 is 15.7 Å². The van der Waals surface area contributed by atoms with Gasteiger partial charge in [-0.15, -0.1) is 10.2 Å². The van der Waals surface area contributed by atoms with Gasteiger partial charge in [-0.1, -0.05) is 31.5 Å². The van der Waals surface area contributed by atoms with E-state index in [0.29, 0.717) is 12.1 Å². The summed E-state index contributed by atoms with van der Waals surface area (Å²) in [6, 6.07) is 9.12. The molecule has 0 saturated heterocycles. The molecule has 0 spiro atoms. The molecule has 0 radical (unpaired) electrons. The Morgan fingerprint density at radius 2 is 1.74 bits per heavy atom. The van der Waals surface area contributed by atoms with Gasteiger partial charge in [-0.05, 0) is 37.5 Å². The number of nitrogens with zero attached hydrogens (tertiary/aromatic N) is 3. The van der Waals surface area contributed by atoms with E-state index in [4.69, 9.17) is 5.73 Å². The van der Waals surface area contributed by atoms with E-state index in [2.05, 4.69) is 10.2 Å². The van der Waals surface area contributed by atoms with E-state index in [1.807, 2.05) is 32.9 Å². The van der Waals surface area contributed by atoms with Gasteiger partial charge in [0.15, 0.2) is 15.7 Å². The minimum atomic E-state index is -3.84. The molecule has 4 N–H and O–H groups in total. The van der Waals surface area contributed by atoms with Crippen molar-refractivity contribution in [2.24, 2.45) is 11.7 Å². The van der Waals surface area contributed by atoms with Gasteiger partial charge < -0.3 is 15.9 Å². The number of carbonyl (C=O) groups excluding carboxylic acids is 1. The Balaban J connectivity index is 2.22. The number of aromatic nitrogens is 3. The molecule has 0 aliphatic rings. The Morgan fingerprint density at radius 3 is 2.32 bits per heavy atom. The van der Waals surface area contributed by atoms with Crippen molar-refractivity contribution in [3.05, 3.63) is 47.8 Å². The van der Waals surface area contributed by atoms with Crippen LogP contribution >= 0.6 is 0 Å². The second-order valence-corrected chi connectivity index (χ2v) is 9.80. The molecule has 3 rings (SSSR count). The fraction of sp³-hybridized carbons (Fsp3) is 0.286. The third kappa shape index (κ3) is 4.53. The zero-order valence-corrected chi connectivity index (χ0v) is 18.2. The molecule has 1 amide bonds. The van der Waals surface area contributed by atoms with Gasteiger partial charge in [0.25, 0.3) is 5.91 Å². The number of carbonyl (C=O) groups is 1. The Labute approximate surface area is 180 Å². The number of rotatable bonds is 7. The second-order valence-electron chi connectivity index (χ2n) is 7.72. The molecule has 10 heteroatoms. The first-order valence-corrected chi connectivity index (χ1v) is 11.3. The summed E-state index contributed by atoms with van der Waals surface area (Å²) in [5.74, 6) is -2.03. The Kier molecular flexibility index (Phi) is 6.03. The van der Waals surface area contributed by atoms with Gasteiger partial charge in [0.05, 0.1) is 11.3 Å². The predicted octanol–water partition coefficient (Wildman–Crippen LogP) is 2.57. The molecule has 31 heavy (non-hydrogen) atoms. The monoisotopic (exact) mass is 444 g/mol. The van der Waals surface area contributed by atoms with E-state index in [1.165, 1.54) is 4.57 Å². The minimum Gasteiger partial charge on any atom is -0.507 e. The van der Waals surface area contributed by atoms with E-state index in [0.717, 1.165) is 17.7 Å². The van der Waals surface area contributed by atoms with E-state index in [9.17, 15) is 23.4 Å². The summed E-state index contributed by atoms with van der Waals surface area (Å²) in [6.45, 7) is 5.69. The van der Waals surface area contributed by atoms with Crippen LogP contribution in [0.25, 0.3) is 17.1 Å². The minimum absolute atomic E-state index is 0.00969. The summed E-state index contributed by atoms with van der Waals surface area (Å²) in [4.78, 5) is 11.6. The lowest BCUT2D eigenvalue weighted by Crippen LogP contribution is -2.18.